The quantitative estimate of drug-likeness (QED) is 0.832. The van der Waals surface area contributed by atoms with E-state index in [1.165, 1.54) is 16.4 Å². The van der Waals surface area contributed by atoms with Gasteiger partial charge in [0, 0.05) is 13.1 Å². The van der Waals surface area contributed by atoms with Gasteiger partial charge in [-0.3, -0.25) is 4.79 Å². The highest BCUT2D eigenvalue weighted by atomic mass is 32.2. The molecule has 1 aromatic heterocycles. The molecule has 3 heterocycles. The first-order chi connectivity index (χ1) is 9.91. The highest BCUT2D eigenvalue weighted by Crippen LogP contribution is 2.34. The minimum atomic E-state index is -3.76. The lowest BCUT2D eigenvalue weighted by Gasteiger charge is -2.34. The van der Waals surface area contributed by atoms with Gasteiger partial charge >= 0.3 is 5.97 Å². The maximum Gasteiger partial charge on any atom is 0.345 e. The van der Waals surface area contributed by atoms with Crippen LogP contribution >= 0.6 is 11.3 Å². The second-order valence-corrected chi connectivity index (χ2v) is 8.30. The molecule has 0 aromatic carbocycles. The third kappa shape index (κ3) is 2.34. The summed E-state index contributed by atoms with van der Waals surface area (Å²) in [6.07, 6.45) is 1.32. The van der Waals surface area contributed by atoms with Crippen LogP contribution in [-0.2, 0) is 14.8 Å². The molecular formula is C12H14N2O5S2. The lowest BCUT2D eigenvalue weighted by Crippen LogP contribution is -2.48. The average molecular weight is 330 g/mol. The number of thiophene rings is 1. The molecule has 0 spiro atoms. The van der Waals surface area contributed by atoms with E-state index in [-0.39, 0.29) is 27.0 Å². The third-order valence-corrected chi connectivity index (χ3v) is 7.37. The number of carboxylic acid groups (broad SMARTS) is 1. The van der Waals surface area contributed by atoms with Crippen molar-refractivity contribution in [2.45, 2.75) is 23.1 Å². The first kappa shape index (κ1) is 14.5. The molecular weight excluding hydrogens is 316 g/mol. The fourth-order valence-electron chi connectivity index (χ4n) is 2.90. The summed E-state index contributed by atoms with van der Waals surface area (Å²) in [5, 5.41) is 11.6. The summed E-state index contributed by atoms with van der Waals surface area (Å²) >= 11 is 0.742. The Morgan fingerprint density at radius 1 is 1.43 bits per heavy atom. The van der Waals surface area contributed by atoms with Crippen LogP contribution in [0.25, 0.3) is 0 Å². The Morgan fingerprint density at radius 3 is 2.86 bits per heavy atom. The molecule has 2 aliphatic heterocycles. The summed E-state index contributed by atoms with van der Waals surface area (Å²) in [5.74, 6) is -1.54. The summed E-state index contributed by atoms with van der Waals surface area (Å²) in [7, 11) is -3.76. The monoisotopic (exact) mass is 330 g/mol. The highest BCUT2D eigenvalue weighted by Gasteiger charge is 2.46. The normalized spacial score (nSPS) is 26.4. The fraction of sp³-hybridized carbons (Fsp3) is 0.500. The molecule has 1 aromatic rings. The summed E-state index contributed by atoms with van der Waals surface area (Å²) < 4.78 is 26.7. The molecule has 0 radical (unpaired) electrons. The van der Waals surface area contributed by atoms with Crippen molar-refractivity contribution in [3.05, 3.63) is 17.0 Å². The zero-order valence-electron chi connectivity index (χ0n) is 11.0. The standard InChI is InChI=1S/C12H14N2O5S2/c15-11-7-2-1-5-14(8(7)6-13-11)21(18,19)10-4-3-9(20-10)12(16)17/h3-4,7-8H,1-2,5-6H2,(H,13,15)(H,16,17). The van der Waals surface area contributed by atoms with Crippen molar-refractivity contribution < 1.29 is 23.1 Å². The number of hydrogen-bond acceptors (Lipinski definition) is 5. The number of rotatable bonds is 3. The summed E-state index contributed by atoms with van der Waals surface area (Å²) in [6.45, 7) is 0.679. The van der Waals surface area contributed by atoms with E-state index in [4.69, 9.17) is 5.11 Å². The highest BCUT2D eigenvalue weighted by molar-refractivity contribution is 7.91. The summed E-state index contributed by atoms with van der Waals surface area (Å²) in [6, 6.07) is 2.24. The molecule has 9 heteroatoms. The lowest BCUT2D eigenvalue weighted by molar-refractivity contribution is -0.123. The first-order valence-electron chi connectivity index (χ1n) is 6.54. The number of sulfonamides is 1. The van der Waals surface area contributed by atoms with E-state index in [1.807, 2.05) is 0 Å². The molecule has 7 nitrogen and oxygen atoms in total. The van der Waals surface area contributed by atoms with Crippen molar-refractivity contribution in [3.63, 3.8) is 0 Å². The predicted octanol–water partition coefficient (Wildman–Crippen LogP) is 0.345. The number of carbonyl (C=O) groups is 2. The zero-order chi connectivity index (χ0) is 15.2. The van der Waals surface area contributed by atoms with E-state index < -0.39 is 16.0 Å². The summed E-state index contributed by atoms with van der Waals surface area (Å²) in [4.78, 5) is 22.6. The molecule has 0 bridgehead atoms. The Morgan fingerprint density at radius 2 is 2.19 bits per heavy atom. The van der Waals surface area contributed by atoms with Gasteiger partial charge in [0.05, 0.1) is 12.0 Å². The van der Waals surface area contributed by atoms with Crippen molar-refractivity contribution in [1.82, 2.24) is 9.62 Å². The molecule has 114 valence electrons. The zero-order valence-corrected chi connectivity index (χ0v) is 12.6. The van der Waals surface area contributed by atoms with Gasteiger partial charge < -0.3 is 10.4 Å². The number of piperidine rings is 1. The molecule has 2 atom stereocenters. The molecule has 2 saturated heterocycles. The molecule has 21 heavy (non-hydrogen) atoms. The van der Waals surface area contributed by atoms with Crippen LogP contribution in [0.5, 0.6) is 0 Å². The number of carbonyl (C=O) groups excluding carboxylic acids is 1. The van der Waals surface area contributed by atoms with Gasteiger partial charge in [0.25, 0.3) is 10.0 Å². The third-order valence-electron chi connectivity index (χ3n) is 3.91. The van der Waals surface area contributed by atoms with Crippen molar-refractivity contribution in [2.75, 3.05) is 13.1 Å². The van der Waals surface area contributed by atoms with Crippen LogP contribution in [0.3, 0.4) is 0 Å². The SMILES string of the molecule is O=C(O)c1ccc(S(=O)(=O)N2CCCC3C(=O)NCC32)s1. The Bertz CT molecular complexity index is 696. The maximum absolute atomic E-state index is 12.7. The Kier molecular flexibility index (Phi) is 3.50. The number of fused-ring (bicyclic) bond motifs is 1. The van der Waals surface area contributed by atoms with Crippen LogP contribution in [0.1, 0.15) is 22.5 Å². The number of amides is 1. The maximum atomic E-state index is 12.7. The summed E-state index contributed by atoms with van der Waals surface area (Å²) in [5.41, 5.74) is 0. The minimum Gasteiger partial charge on any atom is -0.477 e. The second kappa shape index (κ2) is 5.08. The van der Waals surface area contributed by atoms with Crippen molar-refractivity contribution >= 4 is 33.2 Å². The van der Waals surface area contributed by atoms with Crippen molar-refractivity contribution in [1.29, 1.82) is 0 Å². The van der Waals surface area contributed by atoms with Gasteiger partial charge in [-0.05, 0) is 25.0 Å². The number of nitrogens with zero attached hydrogens (tertiary/aromatic N) is 1. The van der Waals surface area contributed by atoms with E-state index in [0.717, 1.165) is 11.3 Å². The molecule has 0 aliphatic carbocycles. The number of carboxylic acids is 1. The van der Waals surface area contributed by atoms with E-state index >= 15 is 0 Å². The van der Waals surface area contributed by atoms with Crippen LogP contribution in [0.4, 0.5) is 0 Å². The molecule has 2 aliphatic rings. The van der Waals surface area contributed by atoms with Crippen molar-refractivity contribution in [3.8, 4) is 0 Å². The van der Waals surface area contributed by atoms with Gasteiger partial charge in [0.1, 0.15) is 9.09 Å². The van der Waals surface area contributed by atoms with E-state index in [1.54, 1.807) is 0 Å². The molecule has 0 saturated carbocycles. The van der Waals surface area contributed by atoms with E-state index in [0.29, 0.717) is 25.9 Å². The van der Waals surface area contributed by atoms with Crippen molar-refractivity contribution in [2.24, 2.45) is 5.92 Å². The molecule has 2 N–H and O–H groups in total. The van der Waals surface area contributed by atoms with Gasteiger partial charge in [-0.25, -0.2) is 13.2 Å². The fourth-order valence-corrected chi connectivity index (χ4v) is 5.87. The van der Waals surface area contributed by atoms with Crippen LogP contribution in [0.15, 0.2) is 16.3 Å². The molecule has 1 amide bonds. The number of aromatic carboxylic acids is 1. The Labute approximate surface area is 125 Å². The van der Waals surface area contributed by atoms with Gasteiger partial charge in [0.2, 0.25) is 5.91 Å². The minimum absolute atomic E-state index is 0.0113. The Balaban J connectivity index is 1.93. The van der Waals surface area contributed by atoms with Gasteiger partial charge in [-0.1, -0.05) is 0 Å². The number of nitrogens with one attached hydrogen (secondary N) is 1. The first-order valence-corrected chi connectivity index (χ1v) is 8.79. The predicted molar refractivity (Wildman–Crippen MR) is 74.7 cm³/mol. The topological polar surface area (TPSA) is 104 Å². The van der Waals surface area contributed by atoms with Gasteiger partial charge in [-0.15, -0.1) is 11.3 Å². The molecule has 2 unspecified atom stereocenters. The van der Waals surface area contributed by atoms with Crippen LogP contribution in [-0.4, -0.2) is 48.8 Å². The van der Waals surface area contributed by atoms with Crippen LogP contribution in [0, 0.1) is 5.92 Å². The van der Waals surface area contributed by atoms with E-state index in [9.17, 15) is 18.0 Å². The second-order valence-electron chi connectivity index (χ2n) is 5.10. The molecule has 2 fully saturated rings. The van der Waals surface area contributed by atoms with Gasteiger partial charge in [0.15, 0.2) is 0 Å². The average Bonchev–Trinajstić information content (AvgIpc) is 3.06. The smallest absolute Gasteiger partial charge is 0.345 e. The largest absolute Gasteiger partial charge is 0.477 e. The molecule has 3 rings (SSSR count). The Hall–Kier alpha value is -1.45. The lowest BCUT2D eigenvalue weighted by atomic mass is 9.93. The number of hydrogen-bond donors (Lipinski definition) is 2. The van der Waals surface area contributed by atoms with Crippen LogP contribution in [0.2, 0.25) is 0 Å². The van der Waals surface area contributed by atoms with Crippen LogP contribution < -0.4 is 5.32 Å². The van der Waals surface area contributed by atoms with E-state index in [2.05, 4.69) is 5.32 Å². The van der Waals surface area contributed by atoms with Gasteiger partial charge in [-0.2, -0.15) is 4.31 Å².